The zero-order valence-corrected chi connectivity index (χ0v) is 20.7. The molecule has 0 amide bonds. The van der Waals surface area contributed by atoms with E-state index in [4.69, 9.17) is 9.47 Å². The van der Waals surface area contributed by atoms with E-state index in [0.29, 0.717) is 18.6 Å². The van der Waals surface area contributed by atoms with E-state index in [2.05, 4.69) is 32.6 Å². The van der Waals surface area contributed by atoms with Crippen molar-refractivity contribution in [3.63, 3.8) is 0 Å². The second-order valence-electron chi connectivity index (χ2n) is 6.19. The van der Waals surface area contributed by atoms with Gasteiger partial charge in [-0.15, -0.1) is 0 Å². The van der Waals surface area contributed by atoms with Crippen LogP contribution in [0.15, 0.2) is 0 Å². The van der Waals surface area contributed by atoms with Crippen molar-refractivity contribution >= 4 is 0 Å². The molecule has 2 aliphatic rings. The number of halogens is 1. The molecule has 2 atom stereocenters. The van der Waals surface area contributed by atoms with Gasteiger partial charge in [0.05, 0.1) is 12.7 Å². The Morgan fingerprint density at radius 1 is 1.00 bits per heavy atom. The summed E-state index contributed by atoms with van der Waals surface area (Å²) in [6, 6.07) is 0. The van der Waals surface area contributed by atoms with Crippen LogP contribution in [0.1, 0.15) is 95.4 Å². The van der Waals surface area contributed by atoms with Crippen molar-refractivity contribution in [3.05, 3.63) is 0 Å². The van der Waals surface area contributed by atoms with E-state index in [9.17, 15) is 4.39 Å². The molecule has 170 valence electrons. The molecule has 2 unspecified atom stereocenters. The van der Waals surface area contributed by atoms with Crippen molar-refractivity contribution in [2.75, 3.05) is 39.5 Å². The van der Waals surface area contributed by atoms with Crippen LogP contribution in [0.2, 0.25) is 0 Å². The van der Waals surface area contributed by atoms with Crippen LogP contribution in [0.4, 0.5) is 4.39 Å². The van der Waals surface area contributed by atoms with Crippen LogP contribution in [0.3, 0.4) is 0 Å². The van der Waals surface area contributed by atoms with Crippen molar-refractivity contribution in [3.8, 4) is 0 Å². The Morgan fingerprint density at radius 2 is 1.52 bits per heavy atom. The van der Waals surface area contributed by atoms with Gasteiger partial charge < -0.3 is 14.4 Å². The van der Waals surface area contributed by atoms with Gasteiger partial charge in [0.15, 0.2) is 0 Å². The van der Waals surface area contributed by atoms with Crippen LogP contribution < -0.4 is 0 Å². The van der Waals surface area contributed by atoms with Gasteiger partial charge in [-0.05, 0) is 25.7 Å². The van der Waals surface area contributed by atoms with E-state index >= 15 is 0 Å². The third kappa shape index (κ3) is 28.1. The zero-order chi connectivity index (χ0) is 22.1. The molecule has 0 aliphatic carbocycles. The normalized spacial score (nSPS) is 20.3. The Hall–Kier alpha value is -0.190. The highest BCUT2D eigenvalue weighted by molar-refractivity contribution is 4.74. The maximum Gasteiger partial charge on any atom is 0.114 e. The SMILES string of the molecule is CC.CC.CC.CC(C)CN1CCC(F)C1.CCC.CCOC1CCOC1. The minimum Gasteiger partial charge on any atom is -0.379 e. The average molecular weight is 396 g/mol. The molecule has 2 fully saturated rings. The zero-order valence-electron chi connectivity index (χ0n) is 20.7. The lowest BCUT2D eigenvalue weighted by Crippen LogP contribution is -2.25. The fraction of sp³-hybridized carbons (Fsp3) is 1.00. The van der Waals surface area contributed by atoms with E-state index in [1.165, 1.54) is 6.42 Å². The smallest absolute Gasteiger partial charge is 0.114 e. The summed E-state index contributed by atoms with van der Waals surface area (Å²) in [7, 11) is 0. The topological polar surface area (TPSA) is 21.7 Å². The summed E-state index contributed by atoms with van der Waals surface area (Å²) < 4.78 is 22.9. The van der Waals surface area contributed by atoms with Gasteiger partial charge in [0.25, 0.3) is 0 Å². The Kier molecular flexibility index (Phi) is 38.8. The molecule has 0 aromatic carbocycles. The van der Waals surface area contributed by atoms with Gasteiger partial charge in [-0.3, -0.25) is 0 Å². The summed E-state index contributed by atoms with van der Waals surface area (Å²) in [5.41, 5.74) is 0. The minimum absolute atomic E-state index is 0.389. The van der Waals surface area contributed by atoms with E-state index in [1.807, 2.05) is 48.5 Å². The summed E-state index contributed by atoms with van der Waals surface area (Å²) in [5, 5.41) is 0. The highest BCUT2D eigenvalue weighted by atomic mass is 19.1. The van der Waals surface area contributed by atoms with Crippen LogP contribution in [0, 0.1) is 5.92 Å². The lowest BCUT2D eigenvalue weighted by atomic mass is 10.2. The maximum absolute atomic E-state index is 12.6. The van der Waals surface area contributed by atoms with E-state index < -0.39 is 6.17 Å². The van der Waals surface area contributed by atoms with Crippen LogP contribution in [-0.4, -0.2) is 56.6 Å². The Balaban J connectivity index is -0.000000139. The first kappa shape index (κ1) is 34.3. The molecule has 2 aliphatic heterocycles. The molecule has 0 aromatic heterocycles. The molecule has 3 nitrogen and oxygen atoms in total. The molecule has 0 saturated carbocycles. The molecule has 0 aromatic rings. The van der Waals surface area contributed by atoms with Gasteiger partial charge in [-0.1, -0.05) is 75.7 Å². The maximum atomic E-state index is 12.6. The van der Waals surface area contributed by atoms with E-state index in [1.54, 1.807) is 0 Å². The lowest BCUT2D eigenvalue weighted by molar-refractivity contribution is 0.0509. The molecule has 2 rings (SSSR count). The molecular weight excluding hydrogens is 341 g/mol. The summed E-state index contributed by atoms with van der Waals surface area (Å²) >= 11 is 0. The molecular formula is C23H54FNO2. The number of rotatable bonds is 4. The largest absolute Gasteiger partial charge is 0.379 e. The second-order valence-corrected chi connectivity index (χ2v) is 6.19. The first-order valence-corrected chi connectivity index (χ1v) is 11.6. The molecule has 0 radical (unpaired) electrons. The summed E-state index contributed by atoms with van der Waals surface area (Å²) in [4.78, 5) is 2.20. The van der Waals surface area contributed by atoms with E-state index in [-0.39, 0.29) is 0 Å². The third-order valence-corrected chi connectivity index (χ3v) is 3.13. The van der Waals surface area contributed by atoms with Gasteiger partial charge in [0.1, 0.15) is 6.17 Å². The van der Waals surface area contributed by atoms with Crippen molar-refractivity contribution in [1.29, 1.82) is 0 Å². The lowest BCUT2D eigenvalue weighted by Gasteiger charge is -2.16. The van der Waals surface area contributed by atoms with Crippen molar-refractivity contribution in [1.82, 2.24) is 4.90 Å². The highest BCUT2D eigenvalue weighted by Crippen LogP contribution is 2.13. The van der Waals surface area contributed by atoms with Crippen molar-refractivity contribution < 1.29 is 13.9 Å². The molecule has 4 heteroatoms. The predicted molar refractivity (Wildman–Crippen MR) is 122 cm³/mol. The monoisotopic (exact) mass is 395 g/mol. The molecule has 27 heavy (non-hydrogen) atoms. The third-order valence-electron chi connectivity index (χ3n) is 3.13. The number of hydrogen-bond acceptors (Lipinski definition) is 3. The van der Waals surface area contributed by atoms with Crippen molar-refractivity contribution in [2.45, 2.75) is 108 Å². The van der Waals surface area contributed by atoms with Gasteiger partial charge >= 0.3 is 0 Å². The quantitative estimate of drug-likeness (QED) is 0.512. The standard InChI is InChI=1S/C8H16FN.C6H12O2.C3H8.3C2H6/c1-7(2)5-10-4-3-8(9)6-10;1-2-8-6-3-4-7-5-6;1-3-2;3*1-2/h7-8H,3-6H2,1-2H3;6H,2-5H2,1H3;3H2,1-2H3;3*1-2H3. The average Bonchev–Trinajstić information content (AvgIpc) is 3.33. The van der Waals surface area contributed by atoms with E-state index in [0.717, 1.165) is 45.8 Å². The number of nitrogens with zero attached hydrogens (tertiary/aromatic N) is 1. The van der Waals surface area contributed by atoms with Crippen LogP contribution in [-0.2, 0) is 9.47 Å². The molecule has 2 heterocycles. The van der Waals surface area contributed by atoms with Crippen LogP contribution in [0.5, 0.6) is 0 Å². The van der Waals surface area contributed by atoms with Gasteiger partial charge in [-0.2, -0.15) is 0 Å². The summed E-state index contributed by atoms with van der Waals surface area (Å²) in [6.07, 6.45) is 2.90. The minimum atomic E-state index is -0.557. The molecule has 0 N–H and O–H groups in total. The van der Waals surface area contributed by atoms with Crippen LogP contribution >= 0.6 is 0 Å². The Bertz CT molecular complexity index is 222. The number of alkyl halides is 1. The first-order valence-electron chi connectivity index (χ1n) is 11.6. The molecule has 0 bridgehead atoms. The fourth-order valence-electron chi connectivity index (χ4n) is 2.35. The van der Waals surface area contributed by atoms with Crippen LogP contribution in [0.25, 0.3) is 0 Å². The molecule has 0 spiro atoms. The van der Waals surface area contributed by atoms with Gasteiger partial charge in [0.2, 0.25) is 0 Å². The summed E-state index contributed by atoms with van der Waals surface area (Å²) in [5.74, 6) is 0.672. The number of hydrogen-bond donors (Lipinski definition) is 0. The van der Waals surface area contributed by atoms with Gasteiger partial charge in [-0.25, -0.2) is 4.39 Å². The van der Waals surface area contributed by atoms with Crippen molar-refractivity contribution in [2.24, 2.45) is 5.92 Å². The highest BCUT2D eigenvalue weighted by Gasteiger charge is 2.21. The number of likely N-dealkylation sites (tertiary alicyclic amines) is 1. The molecule has 2 saturated heterocycles. The summed E-state index contributed by atoms with van der Waals surface area (Å²) in [6.45, 7) is 27.8. The first-order chi connectivity index (χ1) is 13.0. The Morgan fingerprint density at radius 3 is 1.81 bits per heavy atom. The predicted octanol–water partition coefficient (Wildman–Crippen LogP) is 6.99. The number of ether oxygens (including phenoxy) is 2. The fourth-order valence-corrected chi connectivity index (χ4v) is 2.35. The Labute approximate surface area is 172 Å². The second kappa shape index (κ2) is 30.5. The van der Waals surface area contributed by atoms with Gasteiger partial charge in [0, 0.05) is 32.8 Å².